The highest BCUT2D eigenvalue weighted by Crippen LogP contribution is 2.32. The fourth-order valence-electron chi connectivity index (χ4n) is 2.52. The Balaban J connectivity index is 1.71. The number of carbonyl (C=O) groups excluding carboxylic acids is 3. The molecule has 0 atom stereocenters. The number of ether oxygens (including phenoxy) is 1. The summed E-state index contributed by atoms with van der Waals surface area (Å²) in [7, 11) is -4.03. The number of hydrogen-bond donors (Lipinski definition) is 0. The second-order valence-corrected chi connectivity index (χ2v) is 9.11. The smallest absolute Gasteiger partial charge is 0.339 e. The van der Waals surface area contributed by atoms with Crippen LogP contribution in [0.15, 0.2) is 58.3 Å². The molecule has 0 aromatic heterocycles. The molecule has 1 saturated heterocycles. The topological polar surface area (TPSA) is 107 Å². The summed E-state index contributed by atoms with van der Waals surface area (Å²) in [6.07, 6.45) is 1.47. The molecule has 1 aliphatic rings. The monoisotopic (exact) mass is 481 g/mol. The van der Waals surface area contributed by atoms with E-state index in [2.05, 4.69) is 0 Å². The van der Waals surface area contributed by atoms with Gasteiger partial charge >= 0.3 is 16.1 Å². The Morgan fingerprint density at radius 3 is 2.35 bits per heavy atom. The van der Waals surface area contributed by atoms with Gasteiger partial charge in [0.15, 0.2) is 0 Å². The molecule has 0 N–H and O–H groups in total. The van der Waals surface area contributed by atoms with Crippen LogP contribution in [0.25, 0.3) is 6.08 Å². The largest absolute Gasteiger partial charge is 0.465 e. The predicted molar refractivity (Wildman–Crippen MR) is 115 cm³/mol. The van der Waals surface area contributed by atoms with Crippen molar-refractivity contribution in [2.75, 3.05) is 13.2 Å². The van der Waals surface area contributed by atoms with E-state index in [1.807, 2.05) is 0 Å². The molecular weight excluding hydrogens is 466 g/mol. The second-order valence-electron chi connectivity index (χ2n) is 6.13. The Labute approximate surface area is 187 Å². The summed E-state index contributed by atoms with van der Waals surface area (Å²) >= 11 is 6.46. The van der Waals surface area contributed by atoms with Crippen LogP contribution < -0.4 is 4.18 Å². The fraction of sp³-hybridized carbons (Fsp3) is 0.150. The lowest BCUT2D eigenvalue weighted by Crippen LogP contribution is -2.34. The Morgan fingerprint density at radius 2 is 1.74 bits per heavy atom. The Kier molecular flexibility index (Phi) is 7.04. The molecule has 1 heterocycles. The van der Waals surface area contributed by atoms with Gasteiger partial charge in [-0.05, 0) is 66.7 Å². The maximum absolute atomic E-state index is 12.4. The lowest BCUT2D eigenvalue weighted by molar-refractivity contribution is -0.145. The first-order chi connectivity index (χ1) is 14.7. The standard InChI is InChI=1S/C20H16ClNO7S2/c1-2-28-18(23)12-22-19(24)17(30-20(22)25)11-13-3-7-15(8-4-13)29-31(26,27)16-9-5-14(21)6-10-16/h3-11H,2,12H2,1H3/b17-11-. The number of esters is 1. The van der Waals surface area contributed by atoms with Crippen molar-refractivity contribution in [3.05, 3.63) is 64.0 Å². The second kappa shape index (κ2) is 9.54. The quantitative estimate of drug-likeness (QED) is 0.334. The van der Waals surface area contributed by atoms with Crippen molar-refractivity contribution >= 4 is 56.7 Å². The highest BCUT2D eigenvalue weighted by Gasteiger charge is 2.36. The van der Waals surface area contributed by atoms with Gasteiger partial charge < -0.3 is 8.92 Å². The predicted octanol–water partition coefficient (Wildman–Crippen LogP) is 3.71. The molecule has 1 fully saturated rings. The normalized spacial score (nSPS) is 15.4. The van der Waals surface area contributed by atoms with Crippen LogP contribution in [0.3, 0.4) is 0 Å². The van der Waals surface area contributed by atoms with Crippen molar-refractivity contribution in [1.29, 1.82) is 0 Å². The lowest BCUT2D eigenvalue weighted by Gasteiger charge is -2.10. The van der Waals surface area contributed by atoms with Crippen molar-refractivity contribution in [3.63, 3.8) is 0 Å². The maximum Gasteiger partial charge on any atom is 0.339 e. The van der Waals surface area contributed by atoms with Gasteiger partial charge in [-0.3, -0.25) is 19.3 Å². The molecule has 0 saturated carbocycles. The van der Waals surface area contributed by atoms with Crippen molar-refractivity contribution in [2.45, 2.75) is 11.8 Å². The molecule has 2 aromatic carbocycles. The third-order valence-electron chi connectivity index (χ3n) is 3.95. The molecule has 1 aliphatic heterocycles. The van der Waals surface area contributed by atoms with E-state index in [4.69, 9.17) is 20.5 Å². The zero-order valence-electron chi connectivity index (χ0n) is 16.1. The molecule has 8 nitrogen and oxygen atoms in total. The summed E-state index contributed by atoms with van der Waals surface area (Å²) < 4.78 is 34.5. The first-order valence-electron chi connectivity index (χ1n) is 8.90. The number of benzene rings is 2. The zero-order chi connectivity index (χ0) is 22.6. The van der Waals surface area contributed by atoms with E-state index in [1.54, 1.807) is 6.92 Å². The number of thioether (sulfide) groups is 1. The van der Waals surface area contributed by atoms with E-state index >= 15 is 0 Å². The molecule has 162 valence electrons. The zero-order valence-corrected chi connectivity index (χ0v) is 18.5. The van der Waals surface area contributed by atoms with Crippen LogP contribution in [0, 0.1) is 0 Å². The average molecular weight is 482 g/mol. The van der Waals surface area contributed by atoms with Crippen molar-refractivity contribution in [2.24, 2.45) is 0 Å². The van der Waals surface area contributed by atoms with Crippen molar-refractivity contribution < 1.29 is 31.7 Å². The van der Waals surface area contributed by atoms with Crippen LogP contribution in [0.2, 0.25) is 5.02 Å². The summed E-state index contributed by atoms with van der Waals surface area (Å²) in [6.45, 7) is 1.32. The number of nitrogens with zero attached hydrogens (tertiary/aromatic N) is 1. The summed E-state index contributed by atoms with van der Waals surface area (Å²) in [6, 6.07) is 11.4. The molecule has 2 aromatic rings. The van der Waals surface area contributed by atoms with Gasteiger partial charge in [-0.2, -0.15) is 8.42 Å². The number of amides is 2. The maximum atomic E-state index is 12.4. The van der Waals surface area contributed by atoms with Crippen LogP contribution in [-0.2, 0) is 24.4 Å². The van der Waals surface area contributed by atoms with Gasteiger partial charge in [0.05, 0.1) is 11.5 Å². The van der Waals surface area contributed by atoms with Gasteiger partial charge in [0.25, 0.3) is 11.1 Å². The number of carbonyl (C=O) groups is 3. The summed E-state index contributed by atoms with van der Waals surface area (Å²) in [5.74, 6) is -1.20. The molecule has 0 radical (unpaired) electrons. The van der Waals surface area contributed by atoms with E-state index in [1.165, 1.54) is 54.6 Å². The average Bonchev–Trinajstić information content (AvgIpc) is 2.97. The molecule has 3 rings (SSSR count). The molecule has 31 heavy (non-hydrogen) atoms. The van der Waals surface area contributed by atoms with Gasteiger partial charge in [-0.1, -0.05) is 23.7 Å². The highest BCUT2D eigenvalue weighted by atomic mass is 35.5. The van der Waals surface area contributed by atoms with E-state index in [9.17, 15) is 22.8 Å². The van der Waals surface area contributed by atoms with Gasteiger partial charge in [-0.15, -0.1) is 0 Å². The van der Waals surface area contributed by atoms with Crippen molar-refractivity contribution in [3.8, 4) is 5.75 Å². The van der Waals surface area contributed by atoms with E-state index in [-0.39, 0.29) is 22.2 Å². The number of rotatable bonds is 7. The van der Waals surface area contributed by atoms with Gasteiger partial charge in [-0.25, -0.2) is 0 Å². The lowest BCUT2D eigenvalue weighted by atomic mass is 10.2. The fourth-order valence-corrected chi connectivity index (χ4v) is 4.41. The summed E-state index contributed by atoms with van der Waals surface area (Å²) in [5.41, 5.74) is 0.540. The molecule has 2 amide bonds. The molecule has 0 aliphatic carbocycles. The summed E-state index contributed by atoms with van der Waals surface area (Å²) in [4.78, 5) is 36.9. The first-order valence-corrected chi connectivity index (χ1v) is 11.5. The van der Waals surface area contributed by atoms with Crippen LogP contribution in [0.4, 0.5) is 4.79 Å². The van der Waals surface area contributed by atoms with E-state index < -0.39 is 33.8 Å². The van der Waals surface area contributed by atoms with E-state index in [0.29, 0.717) is 22.3 Å². The number of imide groups is 1. The van der Waals surface area contributed by atoms with Gasteiger partial charge in [0.1, 0.15) is 17.2 Å². The molecule has 0 spiro atoms. The summed E-state index contributed by atoms with van der Waals surface area (Å²) in [5, 5.41) is -0.173. The first kappa shape index (κ1) is 22.9. The highest BCUT2D eigenvalue weighted by molar-refractivity contribution is 8.18. The minimum atomic E-state index is -4.03. The molecule has 11 heteroatoms. The van der Waals surface area contributed by atoms with Gasteiger partial charge in [0, 0.05) is 5.02 Å². The van der Waals surface area contributed by atoms with Crippen LogP contribution in [0.1, 0.15) is 12.5 Å². The molecular formula is C20H16ClNO7S2. The minimum absolute atomic E-state index is 0.0451. The molecule has 0 bridgehead atoms. The number of halogens is 1. The molecule has 0 unspecified atom stereocenters. The van der Waals surface area contributed by atoms with Crippen LogP contribution in [0.5, 0.6) is 5.75 Å². The van der Waals surface area contributed by atoms with Crippen LogP contribution in [-0.4, -0.2) is 43.6 Å². The Hall–Kier alpha value is -2.82. The van der Waals surface area contributed by atoms with Crippen molar-refractivity contribution in [1.82, 2.24) is 4.90 Å². The minimum Gasteiger partial charge on any atom is -0.465 e. The number of hydrogen-bond acceptors (Lipinski definition) is 8. The third kappa shape index (κ3) is 5.66. The SMILES string of the molecule is CCOC(=O)CN1C(=O)S/C(=C\c2ccc(OS(=O)(=O)c3ccc(Cl)cc3)cc2)C1=O. The van der Waals surface area contributed by atoms with Gasteiger partial charge in [0.2, 0.25) is 0 Å². The third-order valence-corrected chi connectivity index (χ3v) is 6.37. The Bertz CT molecular complexity index is 1140. The van der Waals surface area contributed by atoms with E-state index in [0.717, 1.165) is 4.90 Å². The Morgan fingerprint density at radius 1 is 1.10 bits per heavy atom. The van der Waals surface area contributed by atoms with Crippen LogP contribution >= 0.6 is 23.4 Å².